The zero-order valence-electron chi connectivity index (χ0n) is 12.0. The minimum Gasteiger partial charge on any atom is -0.368 e. The maximum absolute atomic E-state index is 12.0. The van der Waals surface area contributed by atoms with Gasteiger partial charge in [0, 0.05) is 24.1 Å². The Kier molecular flexibility index (Phi) is 4.31. The maximum Gasteiger partial charge on any atom is 0.255 e. The first-order valence-electron chi connectivity index (χ1n) is 7.13. The summed E-state index contributed by atoms with van der Waals surface area (Å²) in [6, 6.07) is 8.46. The molecule has 0 radical (unpaired) electrons. The third-order valence-corrected chi connectivity index (χ3v) is 4.42. The molecular formula is C16H18N2O2S. The molecule has 1 aromatic carbocycles. The van der Waals surface area contributed by atoms with E-state index in [9.17, 15) is 4.79 Å². The van der Waals surface area contributed by atoms with Crippen LogP contribution in [0.5, 0.6) is 0 Å². The van der Waals surface area contributed by atoms with Crippen LogP contribution in [-0.2, 0) is 16.0 Å². The highest BCUT2D eigenvalue weighted by Gasteiger charge is 2.24. The molecule has 0 saturated carbocycles. The Balaban J connectivity index is 1.60. The first-order valence-corrected chi connectivity index (χ1v) is 7.95. The molecule has 1 aliphatic rings. The lowest BCUT2D eigenvalue weighted by atomic mass is 10.1. The molecule has 0 unspecified atom stereocenters. The number of carbonyl (C=O) groups excluding carboxylic acids is 1. The van der Waals surface area contributed by atoms with Gasteiger partial charge in [-0.05, 0) is 25.3 Å². The van der Waals surface area contributed by atoms with Crippen molar-refractivity contribution in [3.8, 4) is 0 Å². The molecule has 2 aromatic rings. The standard InChI is InChI=1S/C16H18N2O2S/c1-11-4-6-12(7-5-11)9-13-10-17-16(21-13)18-15(19)14-3-2-8-20-14/h4-7,10,14H,2-3,8-9H2,1H3,(H,17,18,19)/t14-/m1/s1. The van der Waals surface area contributed by atoms with Crippen LogP contribution >= 0.6 is 11.3 Å². The fourth-order valence-corrected chi connectivity index (χ4v) is 3.17. The molecule has 1 saturated heterocycles. The van der Waals surface area contributed by atoms with Crippen molar-refractivity contribution in [1.82, 2.24) is 4.98 Å². The average molecular weight is 302 g/mol. The first kappa shape index (κ1) is 14.2. The van der Waals surface area contributed by atoms with Crippen LogP contribution in [0.4, 0.5) is 5.13 Å². The molecule has 4 nitrogen and oxygen atoms in total. The Bertz CT molecular complexity index is 615. The van der Waals surface area contributed by atoms with Crippen molar-refractivity contribution in [2.75, 3.05) is 11.9 Å². The predicted molar refractivity (Wildman–Crippen MR) is 83.7 cm³/mol. The van der Waals surface area contributed by atoms with Crippen molar-refractivity contribution >= 4 is 22.4 Å². The lowest BCUT2D eigenvalue weighted by Crippen LogP contribution is -2.26. The van der Waals surface area contributed by atoms with Gasteiger partial charge in [0.1, 0.15) is 6.10 Å². The fourth-order valence-electron chi connectivity index (χ4n) is 2.32. The molecule has 21 heavy (non-hydrogen) atoms. The highest BCUT2D eigenvalue weighted by molar-refractivity contribution is 7.15. The molecule has 1 N–H and O–H groups in total. The van der Waals surface area contributed by atoms with Crippen molar-refractivity contribution in [3.63, 3.8) is 0 Å². The maximum atomic E-state index is 12.0. The summed E-state index contributed by atoms with van der Waals surface area (Å²) >= 11 is 1.52. The zero-order valence-corrected chi connectivity index (χ0v) is 12.8. The van der Waals surface area contributed by atoms with Gasteiger partial charge < -0.3 is 4.74 Å². The van der Waals surface area contributed by atoms with E-state index in [0.29, 0.717) is 11.7 Å². The Morgan fingerprint density at radius 1 is 1.43 bits per heavy atom. The number of aryl methyl sites for hydroxylation is 1. The minimum absolute atomic E-state index is 0.0799. The van der Waals surface area contributed by atoms with Crippen LogP contribution in [0.15, 0.2) is 30.5 Å². The van der Waals surface area contributed by atoms with E-state index in [-0.39, 0.29) is 12.0 Å². The van der Waals surface area contributed by atoms with Crippen molar-refractivity contribution in [3.05, 3.63) is 46.5 Å². The van der Waals surface area contributed by atoms with Gasteiger partial charge in [-0.15, -0.1) is 11.3 Å². The van der Waals surface area contributed by atoms with E-state index in [0.717, 1.165) is 24.1 Å². The number of amides is 1. The third kappa shape index (κ3) is 3.68. The van der Waals surface area contributed by atoms with Crippen LogP contribution in [0.25, 0.3) is 0 Å². The minimum atomic E-state index is -0.311. The number of hydrogen-bond donors (Lipinski definition) is 1. The van der Waals surface area contributed by atoms with Gasteiger partial charge in [0.15, 0.2) is 5.13 Å². The second-order valence-electron chi connectivity index (χ2n) is 5.29. The Morgan fingerprint density at radius 2 is 2.24 bits per heavy atom. The molecular weight excluding hydrogens is 284 g/mol. The van der Waals surface area contributed by atoms with Gasteiger partial charge in [-0.2, -0.15) is 0 Å². The van der Waals surface area contributed by atoms with Gasteiger partial charge in [0.25, 0.3) is 5.91 Å². The number of hydrogen-bond acceptors (Lipinski definition) is 4. The number of nitrogens with one attached hydrogen (secondary N) is 1. The number of ether oxygens (including phenoxy) is 1. The summed E-state index contributed by atoms with van der Waals surface area (Å²) in [4.78, 5) is 17.4. The van der Waals surface area contributed by atoms with Gasteiger partial charge in [-0.3, -0.25) is 10.1 Å². The number of benzene rings is 1. The number of nitrogens with zero attached hydrogens (tertiary/aromatic N) is 1. The normalized spacial score (nSPS) is 17.9. The Labute approximate surface area is 128 Å². The van der Waals surface area contributed by atoms with Crippen LogP contribution in [0.2, 0.25) is 0 Å². The largest absolute Gasteiger partial charge is 0.368 e. The van der Waals surface area contributed by atoms with Crippen LogP contribution in [0.1, 0.15) is 28.8 Å². The predicted octanol–water partition coefficient (Wildman–Crippen LogP) is 3.16. The Hall–Kier alpha value is -1.72. The highest BCUT2D eigenvalue weighted by Crippen LogP contribution is 2.22. The van der Waals surface area contributed by atoms with Crippen LogP contribution in [0, 0.1) is 6.92 Å². The number of carbonyl (C=O) groups is 1. The summed E-state index contributed by atoms with van der Waals surface area (Å²) in [6.07, 6.45) is 4.11. The molecule has 1 fully saturated rings. The highest BCUT2D eigenvalue weighted by atomic mass is 32.1. The van der Waals surface area contributed by atoms with Crippen molar-refractivity contribution < 1.29 is 9.53 Å². The zero-order chi connectivity index (χ0) is 14.7. The molecule has 2 heterocycles. The smallest absolute Gasteiger partial charge is 0.255 e. The van der Waals surface area contributed by atoms with Crippen LogP contribution < -0.4 is 5.32 Å². The van der Waals surface area contributed by atoms with Crippen molar-refractivity contribution in [1.29, 1.82) is 0 Å². The summed E-state index contributed by atoms with van der Waals surface area (Å²) in [5, 5.41) is 3.49. The van der Waals surface area contributed by atoms with E-state index in [4.69, 9.17) is 4.74 Å². The lowest BCUT2D eigenvalue weighted by Gasteiger charge is -2.07. The van der Waals surface area contributed by atoms with Crippen molar-refractivity contribution in [2.45, 2.75) is 32.3 Å². The van der Waals surface area contributed by atoms with Gasteiger partial charge in [-0.1, -0.05) is 29.8 Å². The van der Waals surface area contributed by atoms with Gasteiger partial charge >= 0.3 is 0 Å². The molecule has 110 valence electrons. The van der Waals surface area contributed by atoms with E-state index in [1.165, 1.54) is 22.5 Å². The molecule has 0 aliphatic carbocycles. The number of aromatic nitrogens is 1. The van der Waals surface area contributed by atoms with E-state index < -0.39 is 0 Å². The topological polar surface area (TPSA) is 51.2 Å². The van der Waals surface area contributed by atoms with E-state index in [1.807, 2.05) is 6.20 Å². The molecule has 3 rings (SSSR count). The monoisotopic (exact) mass is 302 g/mol. The lowest BCUT2D eigenvalue weighted by molar-refractivity contribution is -0.124. The molecule has 1 amide bonds. The molecule has 1 aliphatic heterocycles. The molecule has 0 spiro atoms. The second-order valence-corrected chi connectivity index (χ2v) is 6.40. The van der Waals surface area contributed by atoms with Crippen LogP contribution in [-0.4, -0.2) is 23.6 Å². The summed E-state index contributed by atoms with van der Waals surface area (Å²) in [6.45, 7) is 2.75. The Morgan fingerprint density at radius 3 is 2.95 bits per heavy atom. The summed E-state index contributed by atoms with van der Waals surface area (Å²) in [5.74, 6) is -0.0799. The number of anilines is 1. The van der Waals surface area contributed by atoms with Gasteiger partial charge in [0.05, 0.1) is 0 Å². The molecule has 1 aromatic heterocycles. The second kappa shape index (κ2) is 6.37. The van der Waals surface area contributed by atoms with Gasteiger partial charge in [0.2, 0.25) is 0 Å². The average Bonchev–Trinajstić information content (AvgIpc) is 3.13. The van der Waals surface area contributed by atoms with E-state index in [2.05, 4.69) is 41.5 Å². The molecule has 5 heteroatoms. The summed E-state index contributed by atoms with van der Waals surface area (Å²) in [5.41, 5.74) is 2.51. The first-order chi connectivity index (χ1) is 10.2. The summed E-state index contributed by atoms with van der Waals surface area (Å²) in [7, 11) is 0. The molecule has 1 atom stereocenters. The van der Waals surface area contributed by atoms with E-state index >= 15 is 0 Å². The number of thiazole rings is 1. The quantitative estimate of drug-likeness (QED) is 0.944. The van der Waals surface area contributed by atoms with Crippen LogP contribution in [0.3, 0.4) is 0 Å². The van der Waals surface area contributed by atoms with Crippen molar-refractivity contribution in [2.24, 2.45) is 0 Å². The third-order valence-electron chi connectivity index (χ3n) is 3.50. The SMILES string of the molecule is Cc1ccc(Cc2cnc(NC(=O)[C@H]3CCCO3)s2)cc1. The summed E-state index contributed by atoms with van der Waals surface area (Å²) < 4.78 is 5.37. The van der Waals surface area contributed by atoms with Gasteiger partial charge in [-0.25, -0.2) is 4.98 Å². The fraction of sp³-hybridized carbons (Fsp3) is 0.375. The number of rotatable bonds is 4. The van der Waals surface area contributed by atoms with E-state index in [1.54, 1.807) is 0 Å². The molecule has 0 bridgehead atoms.